The first-order chi connectivity index (χ1) is 16.3. The van der Waals surface area contributed by atoms with Gasteiger partial charge in [0.15, 0.2) is 0 Å². The van der Waals surface area contributed by atoms with E-state index < -0.39 is 0 Å². The Labute approximate surface area is 205 Å². The van der Waals surface area contributed by atoms with Crippen molar-refractivity contribution >= 4 is 11.4 Å². The van der Waals surface area contributed by atoms with Gasteiger partial charge in [0.25, 0.3) is 0 Å². The van der Waals surface area contributed by atoms with Crippen molar-refractivity contribution in [2.24, 2.45) is 0 Å². The maximum atomic E-state index is 5.41. The first-order valence-electron chi connectivity index (χ1n) is 12.4. The third-order valence-electron chi connectivity index (χ3n) is 7.17. The smallest absolute Gasteiger partial charge is 0.0731 e. The average Bonchev–Trinajstić information content (AvgIpc) is 2.81. The molecule has 0 saturated heterocycles. The van der Waals surface area contributed by atoms with E-state index in [1.54, 1.807) is 7.11 Å². The summed E-state index contributed by atoms with van der Waals surface area (Å²) < 4.78 is 5.41. The molecule has 4 nitrogen and oxygen atoms in total. The van der Waals surface area contributed by atoms with Crippen molar-refractivity contribution in [1.29, 1.82) is 0 Å². The van der Waals surface area contributed by atoms with Gasteiger partial charge in [-0.25, -0.2) is 0 Å². The number of anilines is 2. The summed E-state index contributed by atoms with van der Waals surface area (Å²) in [5, 5.41) is 0. The van der Waals surface area contributed by atoms with Crippen LogP contribution >= 0.6 is 0 Å². The minimum atomic E-state index is 0.522. The Morgan fingerprint density at radius 1 is 1.03 bits per heavy atom. The number of fused-ring (bicyclic) bond motifs is 1. The van der Waals surface area contributed by atoms with Crippen molar-refractivity contribution in [3.63, 3.8) is 0 Å². The molecular formula is C30H39N3O. The summed E-state index contributed by atoms with van der Waals surface area (Å²) in [4.78, 5) is 10.1. The van der Waals surface area contributed by atoms with Crippen LogP contribution in [0.15, 0.2) is 42.5 Å². The highest BCUT2D eigenvalue weighted by Crippen LogP contribution is 2.37. The molecule has 180 valence electrons. The van der Waals surface area contributed by atoms with Gasteiger partial charge in [0, 0.05) is 68.4 Å². The number of rotatable bonds is 7. The Morgan fingerprint density at radius 3 is 2.44 bits per heavy atom. The Morgan fingerprint density at radius 2 is 1.76 bits per heavy atom. The van der Waals surface area contributed by atoms with E-state index in [0.29, 0.717) is 12.5 Å². The molecule has 0 atom stereocenters. The van der Waals surface area contributed by atoms with E-state index in [9.17, 15) is 0 Å². The second kappa shape index (κ2) is 10.2. The Hall–Kier alpha value is -2.85. The molecule has 0 bridgehead atoms. The quantitative estimate of drug-likeness (QED) is 0.408. The van der Waals surface area contributed by atoms with Crippen LogP contribution in [0.4, 0.5) is 11.4 Å². The van der Waals surface area contributed by atoms with Crippen molar-refractivity contribution in [2.45, 2.75) is 53.5 Å². The zero-order valence-corrected chi connectivity index (χ0v) is 21.9. The molecule has 0 saturated carbocycles. The topological polar surface area (TPSA) is 28.6 Å². The number of aryl methyl sites for hydroxylation is 3. The second-order valence-electron chi connectivity index (χ2n) is 10.0. The predicted octanol–water partition coefficient (Wildman–Crippen LogP) is 6.44. The van der Waals surface area contributed by atoms with Crippen molar-refractivity contribution in [3.05, 3.63) is 76.0 Å². The lowest BCUT2D eigenvalue weighted by atomic mass is 9.95. The highest BCUT2D eigenvalue weighted by atomic mass is 16.5. The third-order valence-corrected chi connectivity index (χ3v) is 7.17. The Kier molecular flexibility index (Phi) is 7.27. The number of hydrogen-bond donors (Lipinski definition) is 0. The molecule has 4 rings (SSSR count). The highest BCUT2D eigenvalue weighted by molar-refractivity contribution is 5.74. The lowest BCUT2D eigenvalue weighted by Crippen LogP contribution is -2.34. The number of hydrogen-bond acceptors (Lipinski definition) is 4. The molecule has 0 fully saturated rings. The van der Waals surface area contributed by atoms with Crippen LogP contribution < -0.4 is 9.80 Å². The molecule has 0 unspecified atom stereocenters. The van der Waals surface area contributed by atoms with Gasteiger partial charge < -0.3 is 14.5 Å². The van der Waals surface area contributed by atoms with E-state index in [1.165, 1.54) is 50.4 Å². The SMILES string of the molecule is COCCN(C)c1cc(-c2c(C)cccc2C)nc2c1CN(c1cc(C(C)C)ccc1C)CC2. The molecule has 0 spiro atoms. The van der Waals surface area contributed by atoms with E-state index in [2.05, 4.69) is 93.9 Å². The fraction of sp³-hybridized carbons (Fsp3) is 0.433. The fourth-order valence-electron chi connectivity index (χ4n) is 5.07. The van der Waals surface area contributed by atoms with Gasteiger partial charge in [0.2, 0.25) is 0 Å². The van der Waals surface area contributed by atoms with Gasteiger partial charge in [0.05, 0.1) is 12.3 Å². The molecule has 3 aromatic rings. The molecule has 0 aliphatic carbocycles. The Bertz CT molecular complexity index is 1150. The maximum Gasteiger partial charge on any atom is 0.0731 e. The normalized spacial score (nSPS) is 13.4. The number of likely N-dealkylation sites (N-methyl/N-ethyl adjacent to an activating group) is 1. The fourth-order valence-corrected chi connectivity index (χ4v) is 5.07. The number of ether oxygens (including phenoxy) is 1. The van der Waals surface area contributed by atoms with Gasteiger partial charge in [-0.05, 0) is 61.1 Å². The molecule has 2 heterocycles. The molecule has 1 aliphatic rings. The van der Waals surface area contributed by atoms with Crippen molar-refractivity contribution in [3.8, 4) is 11.3 Å². The van der Waals surface area contributed by atoms with Crippen molar-refractivity contribution in [2.75, 3.05) is 43.7 Å². The predicted molar refractivity (Wildman–Crippen MR) is 144 cm³/mol. The van der Waals surface area contributed by atoms with E-state index in [1.807, 2.05) is 0 Å². The summed E-state index contributed by atoms with van der Waals surface area (Å²) in [6, 6.07) is 15.7. The zero-order chi connectivity index (χ0) is 24.4. The van der Waals surface area contributed by atoms with E-state index >= 15 is 0 Å². The number of methoxy groups -OCH3 is 1. The highest BCUT2D eigenvalue weighted by Gasteiger charge is 2.25. The maximum absolute atomic E-state index is 5.41. The number of nitrogens with zero attached hydrogens (tertiary/aromatic N) is 3. The summed E-state index contributed by atoms with van der Waals surface area (Å²) >= 11 is 0. The van der Waals surface area contributed by atoms with Crippen LogP contribution in [0, 0.1) is 20.8 Å². The molecule has 1 aromatic heterocycles. The molecular weight excluding hydrogens is 418 g/mol. The number of aromatic nitrogens is 1. The van der Waals surface area contributed by atoms with Gasteiger partial charge in [-0.3, -0.25) is 4.98 Å². The van der Waals surface area contributed by atoms with Crippen LogP contribution in [-0.2, 0) is 17.7 Å². The van der Waals surface area contributed by atoms with Crippen LogP contribution in [0.5, 0.6) is 0 Å². The van der Waals surface area contributed by atoms with Gasteiger partial charge in [-0.15, -0.1) is 0 Å². The summed E-state index contributed by atoms with van der Waals surface area (Å²) in [6.07, 6.45) is 0.949. The standard InChI is InChI=1S/C30H39N3O/c1-20(2)24-12-11-21(3)28(17-24)33-14-13-26-25(19-33)29(32(6)15-16-34-7)18-27(31-26)30-22(4)9-8-10-23(30)5/h8-12,17-18,20H,13-16,19H2,1-7H3. The minimum Gasteiger partial charge on any atom is -0.383 e. The summed E-state index contributed by atoms with van der Waals surface area (Å²) in [5.41, 5.74) is 12.8. The molecule has 0 N–H and O–H groups in total. The van der Waals surface area contributed by atoms with Crippen LogP contribution in [0.3, 0.4) is 0 Å². The van der Waals surface area contributed by atoms with Crippen LogP contribution in [0.1, 0.15) is 53.3 Å². The van der Waals surface area contributed by atoms with E-state index in [-0.39, 0.29) is 0 Å². The number of benzene rings is 2. The van der Waals surface area contributed by atoms with Crippen molar-refractivity contribution < 1.29 is 4.74 Å². The molecule has 0 amide bonds. The largest absolute Gasteiger partial charge is 0.383 e. The molecule has 34 heavy (non-hydrogen) atoms. The molecule has 0 radical (unpaired) electrons. The summed E-state index contributed by atoms with van der Waals surface area (Å²) in [6.45, 7) is 14.5. The van der Waals surface area contributed by atoms with Crippen LogP contribution in [0.2, 0.25) is 0 Å². The second-order valence-corrected chi connectivity index (χ2v) is 10.0. The monoisotopic (exact) mass is 457 g/mol. The van der Waals surface area contributed by atoms with Gasteiger partial charge in [0.1, 0.15) is 0 Å². The first-order valence-corrected chi connectivity index (χ1v) is 12.4. The van der Waals surface area contributed by atoms with Gasteiger partial charge in [-0.1, -0.05) is 44.2 Å². The number of pyridine rings is 1. The minimum absolute atomic E-state index is 0.522. The third kappa shape index (κ3) is 4.83. The first kappa shape index (κ1) is 24.3. The van der Waals surface area contributed by atoms with Gasteiger partial charge in [-0.2, -0.15) is 0 Å². The van der Waals surface area contributed by atoms with Gasteiger partial charge >= 0.3 is 0 Å². The lowest BCUT2D eigenvalue weighted by Gasteiger charge is -2.35. The Balaban J connectivity index is 1.79. The molecule has 1 aliphatic heterocycles. The zero-order valence-electron chi connectivity index (χ0n) is 21.9. The molecule has 2 aromatic carbocycles. The lowest BCUT2D eigenvalue weighted by molar-refractivity contribution is 0.206. The molecule has 4 heteroatoms. The van der Waals surface area contributed by atoms with E-state index in [0.717, 1.165) is 31.7 Å². The van der Waals surface area contributed by atoms with Crippen molar-refractivity contribution in [1.82, 2.24) is 4.98 Å². The summed E-state index contributed by atoms with van der Waals surface area (Å²) in [7, 11) is 3.94. The average molecular weight is 458 g/mol. The van der Waals surface area contributed by atoms with E-state index in [4.69, 9.17) is 9.72 Å². The van der Waals surface area contributed by atoms with Crippen LogP contribution in [-0.4, -0.2) is 38.8 Å². The summed E-state index contributed by atoms with van der Waals surface area (Å²) in [5.74, 6) is 0.522. The van der Waals surface area contributed by atoms with Crippen LogP contribution in [0.25, 0.3) is 11.3 Å².